The van der Waals surface area contributed by atoms with Crippen LogP contribution in [0, 0.1) is 18.8 Å². The number of hydrogen-bond acceptors (Lipinski definition) is 2. The molecule has 0 fully saturated rings. The van der Waals surface area contributed by atoms with Crippen LogP contribution in [0.4, 0.5) is 0 Å². The smallest absolute Gasteiger partial charge is 0.149 e. The van der Waals surface area contributed by atoms with E-state index in [-0.39, 0.29) is 0 Å². The largest absolute Gasteiger partial charge is 0.497 e. The van der Waals surface area contributed by atoms with Gasteiger partial charge in [-0.1, -0.05) is 53.8 Å². The minimum Gasteiger partial charge on any atom is -0.497 e. The van der Waals surface area contributed by atoms with Crippen molar-refractivity contribution in [1.29, 1.82) is 0 Å². The molecule has 0 saturated heterocycles. The number of aryl methyl sites for hydroxylation is 1. The van der Waals surface area contributed by atoms with Crippen LogP contribution in [0.3, 0.4) is 0 Å². The number of ether oxygens (including phenoxy) is 2. The molecule has 0 N–H and O–H groups in total. The van der Waals surface area contributed by atoms with Crippen molar-refractivity contribution in [2.24, 2.45) is 0 Å². The van der Waals surface area contributed by atoms with Gasteiger partial charge in [-0.25, -0.2) is 0 Å². The predicted molar refractivity (Wildman–Crippen MR) is 135 cm³/mol. The lowest BCUT2D eigenvalue weighted by molar-refractivity contribution is 0.371. The summed E-state index contributed by atoms with van der Waals surface area (Å²) in [5.74, 6) is 7.89. The van der Waals surface area contributed by atoms with E-state index in [1.807, 2.05) is 30.3 Å². The monoisotopic (exact) mass is 431 g/mol. The molecule has 0 spiro atoms. The van der Waals surface area contributed by atoms with Gasteiger partial charge >= 0.3 is 0 Å². The summed E-state index contributed by atoms with van der Waals surface area (Å²) in [5.41, 5.74) is 5.91. The maximum absolute atomic E-state index is 5.98. The van der Waals surface area contributed by atoms with Crippen LogP contribution in [0.15, 0.2) is 91.0 Å². The number of aromatic nitrogens is 1. The molecule has 3 heteroatoms. The molecule has 0 saturated carbocycles. The van der Waals surface area contributed by atoms with Crippen molar-refractivity contribution in [2.45, 2.75) is 13.5 Å². The second kappa shape index (κ2) is 9.14. The lowest BCUT2D eigenvalue weighted by atomic mass is 10.1. The highest BCUT2D eigenvalue weighted by Gasteiger charge is 2.12. The Morgan fingerprint density at radius 1 is 0.758 bits per heavy atom. The molecular weight excluding hydrogens is 406 g/mol. The van der Waals surface area contributed by atoms with Crippen molar-refractivity contribution in [3.05, 3.63) is 108 Å². The Balaban J connectivity index is 1.43. The first kappa shape index (κ1) is 20.7. The van der Waals surface area contributed by atoms with E-state index in [9.17, 15) is 0 Å². The third-order valence-electron chi connectivity index (χ3n) is 5.81. The van der Waals surface area contributed by atoms with Crippen LogP contribution in [0.1, 0.15) is 16.7 Å². The molecule has 3 nitrogen and oxygen atoms in total. The number of hydrogen-bond donors (Lipinski definition) is 0. The number of methoxy groups -OCH3 is 1. The Hall–Kier alpha value is -4.16. The highest BCUT2D eigenvalue weighted by molar-refractivity contribution is 6.08. The number of rotatable bonds is 5. The van der Waals surface area contributed by atoms with Gasteiger partial charge in [-0.3, -0.25) is 0 Å². The first-order valence-electron chi connectivity index (χ1n) is 11.0. The first-order chi connectivity index (χ1) is 16.2. The van der Waals surface area contributed by atoms with Gasteiger partial charge in [0.2, 0.25) is 0 Å². The summed E-state index contributed by atoms with van der Waals surface area (Å²) in [4.78, 5) is 0. The maximum atomic E-state index is 5.98. The molecule has 1 aromatic heterocycles. The quantitative estimate of drug-likeness (QED) is 0.293. The second-order valence-electron chi connectivity index (χ2n) is 8.09. The third-order valence-corrected chi connectivity index (χ3v) is 5.81. The molecule has 4 aromatic carbocycles. The van der Waals surface area contributed by atoms with E-state index in [0.29, 0.717) is 6.61 Å². The van der Waals surface area contributed by atoms with E-state index in [1.165, 1.54) is 32.9 Å². The summed E-state index contributed by atoms with van der Waals surface area (Å²) >= 11 is 0. The van der Waals surface area contributed by atoms with E-state index in [4.69, 9.17) is 9.47 Å². The standard InChI is InChI=1S/C30H25NO2/c1-22-10-16-29-27(19-22)28-20-26(33-18-6-9-23-11-13-25(32-2)14-12-23)15-17-30(28)31(29)21-24-7-4-3-5-8-24/h3-5,7-8,10-17,19-20H,18,21H2,1-2H3. The molecule has 1 heterocycles. The van der Waals surface area contributed by atoms with Crippen LogP contribution >= 0.6 is 0 Å². The van der Waals surface area contributed by atoms with Crippen molar-refractivity contribution in [1.82, 2.24) is 4.57 Å². The molecular formula is C30H25NO2. The lowest BCUT2D eigenvalue weighted by Crippen LogP contribution is -1.99. The highest BCUT2D eigenvalue weighted by Crippen LogP contribution is 2.33. The Labute approximate surface area is 194 Å². The zero-order chi connectivity index (χ0) is 22.6. The van der Waals surface area contributed by atoms with Crippen LogP contribution < -0.4 is 9.47 Å². The first-order valence-corrected chi connectivity index (χ1v) is 11.0. The highest BCUT2D eigenvalue weighted by atomic mass is 16.5. The summed E-state index contributed by atoms with van der Waals surface area (Å²) in [6.45, 7) is 3.30. The van der Waals surface area contributed by atoms with Gasteiger partial charge in [0, 0.05) is 33.9 Å². The molecule has 0 aliphatic carbocycles. The zero-order valence-electron chi connectivity index (χ0n) is 18.8. The van der Waals surface area contributed by atoms with Gasteiger partial charge < -0.3 is 14.0 Å². The van der Waals surface area contributed by atoms with Gasteiger partial charge in [0.05, 0.1) is 7.11 Å². The maximum Gasteiger partial charge on any atom is 0.149 e. The van der Waals surface area contributed by atoms with Crippen molar-refractivity contribution >= 4 is 21.8 Å². The Morgan fingerprint density at radius 3 is 2.21 bits per heavy atom. The average Bonchev–Trinajstić information content (AvgIpc) is 3.15. The van der Waals surface area contributed by atoms with Gasteiger partial charge in [-0.2, -0.15) is 0 Å². The topological polar surface area (TPSA) is 23.4 Å². The van der Waals surface area contributed by atoms with Crippen molar-refractivity contribution in [3.63, 3.8) is 0 Å². The molecule has 5 aromatic rings. The molecule has 162 valence electrons. The van der Waals surface area contributed by atoms with Crippen molar-refractivity contribution < 1.29 is 9.47 Å². The summed E-state index contributed by atoms with van der Waals surface area (Å²) in [6, 6.07) is 31.3. The molecule has 0 aliphatic rings. The normalized spacial score (nSPS) is 10.7. The van der Waals surface area contributed by atoms with Crippen LogP contribution in [-0.4, -0.2) is 18.3 Å². The van der Waals surface area contributed by atoms with Crippen LogP contribution in [0.2, 0.25) is 0 Å². The van der Waals surface area contributed by atoms with Crippen LogP contribution in [0.5, 0.6) is 11.5 Å². The van der Waals surface area contributed by atoms with Crippen LogP contribution in [0.25, 0.3) is 21.8 Å². The van der Waals surface area contributed by atoms with Crippen molar-refractivity contribution in [3.8, 4) is 23.3 Å². The fourth-order valence-electron chi connectivity index (χ4n) is 4.16. The van der Waals surface area contributed by atoms with E-state index in [0.717, 1.165) is 23.6 Å². The van der Waals surface area contributed by atoms with Crippen molar-refractivity contribution in [2.75, 3.05) is 13.7 Å². The minimum atomic E-state index is 0.333. The minimum absolute atomic E-state index is 0.333. The molecule has 0 radical (unpaired) electrons. The van der Waals surface area contributed by atoms with E-state index in [1.54, 1.807) is 7.11 Å². The lowest BCUT2D eigenvalue weighted by Gasteiger charge is -2.08. The number of nitrogens with zero attached hydrogens (tertiary/aromatic N) is 1. The number of fused-ring (bicyclic) bond motifs is 3. The Kier molecular flexibility index (Phi) is 5.74. The number of benzene rings is 4. The summed E-state index contributed by atoms with van der Waals surface area (Å²) in [6.07, 6.45) is 0. The second-order valence-corrected chi connectivity index (χ2v) is 8.09. The van der Waals surface area contributed by atoms with Gasteiger partial charge in [-0.15, -0.1) is 0 Å². The van der Waals surface area contributed by atoms with Crippen LogP contribution in [-0.2, 0) is 6.54 Å². The van der Waals surface area contributed by atoms with Gasteiger partial charge in [0.25, 0.3) is 0 Å². The molecule has 0 bridgehead atoms. The summed E-state index contributed by atoms with van der Waals surface area (Å²) in [5, 5.41) is 2.45. The van der Waals surface area contributed by atoms with E-state index < -0.39 is 0 Å². The summed E-state index contributed by atoms with van der Waals surface area (Å²) < 4.78 is 13.5. The zero-order valence-corrected chi connectivity index (χ0v) is 18.8. The molecule has 0 amide bonds. The fourth-order valence-corrected chi connectivity index (χ4v) is 4.16. The van der Waals surface area contributed by atoms with E-state index in [2.05, 4.69) is 84.0 Å². The average molecular weight is 432 g/mol. The van der Waals surface area contributed by atoms with E-state index >= 15 is 0 Å². The molecule has 5 rings (SSSR count). The van der Waals surface area contributed by atoms with Gasteiger partial charge in [0.1, 0.15) is 18.1 Å². The SMILES string of the molecule is COc1ccc(C#CCOc2ccc3c(c2)c2cc(C)ccc2n3Cc2ccccc2)cc1. The molecule has 33 heavy (non-hydrogen) atoms. The molecule has 0 aliphatic heterocycles. The Morgan fingerprint density at radius 2 is 1.45 bits per heavy atom. The third kappa shape index (κ3) is 4.42. The fraction of sp³-hybridized carbons (Fsp3) is 0.133. The predicted octanol–water partition coefficient (Wildman–Crippen LogP) is 6.59. The van der Waals surface area contributed by atoms with Gasteiger partial charge in [-0.05, 0) is 67.1 Å². The Bertz CT molecular complexity index is 1470. The molecule has 0 atom stereocenters. The van der Waals surface area contributed by atoms with Gasteiger partial charge in [0.15, 0.2) is 0 Å². The summed E-state index contributed by atoms with van der Waals surface area (Å²) in [7, 11) is 1.66. The molecule has 0 unspecified atom stereocenters.